The number of fused-ring (bicyclic) bond motifs is 2. The van der Waals surface area contributed by atoms with Crippen LogP contribution in [0.5, 0.6) is 0 Å². The average Bonchev–Trinajstić information content (AvgIpc) is 3.12. The molecule has 1 aliphatic heterocycles. The molecule has 1 aromatic heterocycles. The van der Waals surface area contributed by atoms with Crippen molar-refractivity contribution in [2.24, 2.45) is 5.92 Å². The van der Waals surface area contributed by atoms with Crippen LogP contribution < -0.4 is 0 Å². The highest BCUT2D eigenvalue weighted by Gasteiger charge is 2.36. The van der Waals surface area contributed by atoms with Gasteiger partial charge in [0.15, 0.2) is 5.78 Å². The number of aromatic amines is 1. The topological polar surface area (TPSA) is 36.1 Å². The number of benzene rings is 1. The van der Waals surface area contributed by atoms with Crippen LogP contribution in [0.4, 0.5) is 0 Å². The van der Waals surface area contributed by atoms with Crippen molar-refractivity contribution in [1.82, 2.24) is 9.88 Å². The number of likely N-dealkylation sites (tertiary alicyclic amines) is 1. The number of ketones is 1. The van der Waals surface area contributed by atoms with E-state index in [1.54, 1.807) is 0 Å². The van der Waals surface area contributed by atoms with Crippen molar-refractivity contribution in [3.8, 4) is 0 Å². The number of H-pyrrole nitrogens is 1. The summed E-state index contributed by atoms with van der Waals surface area (Å²) in [4.78, 5) is 18.3. The van der Waals surface area contributed by atoms with Gasteiger partial charge in [-0.05, 0) is 37.8 Å². The van der Waals surface area contributed by atoms with Gasteiger partial charge in [-0.15, -0.1) is 0 Å². The molecule has 2 aliphatic rings. The van der Waals surface area contributed by atoms with Gasteiger partial charge in [-0.1, -0.05) is 31.0 Å². The van der Waals surface area contributed by atoms with E-state index < -0.39 is 0 Å². The monoisotopic (exact) mass is 282 g/mol. The lowest BCUT2D eigenvalue weighted by Gasteiger charge is -2.31. The molecular formula is C18H22N2O. The van der Waals surface area contributed by atoms with E-state index in [9.17, 15) is 4.79 Å². The lowest BCUT2D eigenvalue weighted by atomic mass is 9.85. The molecule has 1 aliphatic carbocycles. The molecule has 2 aromatic rings. The molecule has 110 valence electrons. The van der Waals surface area contributed by atoms with Gasteiger partial charge in [0, 0.05) is 28.7 Å². The van der Waals surface area contributed by atoms with Crippen LogP contribution in [0.3, 0.4) is 0 Å². The van der Waals surface area contributed by atoms with Crippen molar-refractivity contribution >= 4 is 16.7 Å². The minimum absolute atomic E-state index is 0.263. The third-order valence-corrected chi connectivity index (χ3v) is 5.36. The number of aromatic nitrogens is 1. The van der Waals surface area contributed by atoms with E-state index in [-0.39, 0.29) is 5.78 Å². The molecule has 2 unspecified atom stereocenters. The first-order valence-electron chi connectivity index (χ1n) is 8.16. The van der Waals surface area contributed by atoms with Gasteiger partial charge in [-0.3, -0.25) is 9.69 Å². The first-order chi connectivity index (χ1) is 10.3. The zero-order valence-electron chi connectivity index (χ0n) is 12.3. The molecule has 3 nitrogen and oxygen atoms in total. The molecule has 1 aromatic carbocycles. The average molecular weight is 282 g/mol. The van der Waals surface area contributed by atoms with Crippen LogP contribution in [0, 0.1) is 5.92 Å². The quantitative estimate of drug-likeness (QED) is 0.873. The second kappa shape index (κ2) is 5.30. The maximum Gasteiger partial charge on any atom is 0.178 e. The third-order valence-electron chi connectivity index (χ3n) is 5.36. The molecule has 21 heavy (non-hydrogen) atoms. The van der Waals surface area contributed by atoms with Crippen LogP contribution in [0.25, 0.3) is 10.9 Å². The molecule has 2 atom stereocenters. The van der Waals surface area contributed by atoms with E-state index in [4.69, 9.17) is 0 Å². The molecule has 2 heterocycles. The minimum Gasteiger partial charge on any atom is -0.360 e. The predicted octanol–water partition coefficient (Wildman–Crippen LogP) is 3.62. The van der Waals surface area contributed by atoms with Gasteiger partial charge >= 0.3 is 0 Å². The number of carbonyl (C=O) groups is 1. The Labute approximate surface area is 125 Å². The van der Waals surface area contributed by atoms with Crippen molar-refractivity contribution in [3.63, 3.8) is 0 Å². The fourth-order valence-electron chi connectivity index (χ4n) is 4.27. The van der Waals surface area contributed by atoms with Crippen molar-refractivity contribution < 1.29 is 4.79 Å². The standard InChI is InChI=1S/C18H22N2O/c21-18(15-11-19-16-7-3-2-6-14(15)16)12-20-10-9-13-5-1-4-8-17(13)20/h2-3,6-7,11,13,17,19H,1,4-5,8-10,12H2. The highest BCUT2D eigenvalue weighted by molar-refractivity contribution is 6.08. The number of nitrogens with one attached hydrogen (secondary N) is 1. The van der Waals surface area contributed by atoms with Crippen LogP contribution in [-0.4, -0.2) is 34.8 Å². The van der Waals surface area contributed by atoms with Crippen LogP contribution in [-0.2, 0) is 0 Å². The SMILES string of the molecule is O=C(CN1CCC2CCCCC21)c1c[nH]c2ccccc12. The van der Waals surface area contributed by atoms with Gasteiger partial charge in [0.1, 0.15) is 0 Å². The summed E-state index contributed by atoms with van der Waals surface area (Å²) in [5.74, 6) is 1.10. The summed E-state index contributed by atoms with van der Waals surface area (Å²) in [7, 11) is 0. The summed E-state index contributed by atoms with van der Waals surface area (Å²) in [6.07, 6.45) is 8.52. The zero-order chi connectivity index (χ0) is 14.2. The van der Waals surface area contributed by atoms with Crippen LogP contribution in [0.1, 0.15) is 42.5 Å². The first kappa shape index (κ1) is 13.1. The Kier molecular flexibility index (Phi) is 3.30. The largest absolute Gasteiger partial charge is 0.360 e. The zero-order valence-corrected chi connectivity index (χ0v) is 12.3. The van der Waals surface area contributed by atoms with E-state index >= 15 is 0 Å². The molecule has 2 fully saturated rings. The lowest BCUT2D eigenvalue weighted by Crippen LogP contribution is -2.38. The van der Waals surface area contributed by atoms with Crippen molar-refractivity contribution in [1.29, 1.82) is 0 Å². The molecule has 1 saturated carbocycles. The van der Waals surface area contributed by atoms with E-state index in [0.29, 0.717) is 12.6 Å². The van der Waals surface area contributed by atoms with E-state index in [1.165, 1.54) is 32.1 Å². The highest BCUT2D eigenvalue weighted by atomic mass is 16.1. The molecule has 1 saturated heterocycles. The first-order valence-corrected chi connectivity index (χ1v) is 8.16. The Morgan fingerprint density at radius 3 is 3.00 bits per heavy atom. The smallest absolute Gasteiger partial charge is 0.178 e. The fraction of sp³-hybridized carbons (Fsp3) is 0.500. The van der Waals surface area contributed by atoms with Gasteiger partial charge in [-0.2, -0.15) is 0 Å². The lowest BCUT2D eigenvalue weighted by molar-refractivity contribution is 0.0897. The molecule has 0 bridgehead atoms. The predicted molar refractivity (Wildman–Crippen MR) is 84.6 cm³/mol. The third kappa shape index (κ3) is 2.30. The van der Waals surface area contributed by atoms with Gasteiger partial charge in [0.2, 0.25) is 0 Å². The molecule has 0 spiro atoms. The highest BCUT2D eigenvalue weighted by Crippen LogP contribution is 2.36. The Morgan fingerprint density at radius 2 is 2.05 bits per heavy atom. The van der Waals surface area contributed by atoms with E-state index in [0.717, 1.165) is 28.9 Å². The number of hydrogen-bond acceptors (Lipinski definition) is 2. The summed E-state index contributed by atoms with van der Waals surface area (Å²) < 4.78 is 0. The van der Waals surface area contributed by atoms with Gasteiger partial charge in [0.25, 0.3) is 0 Å². The van der Waals surface area contributed by atoms with E-state index in [2.05, 4.69) is 9.88 Å². The number of carbonyl (C=O) groups excluding carboxylic acids is 1. The maximum atomic E-state index is 12.7. The Morgan fingerprint density at radius 1 is 1.19 bits per heavy atom. The fourth-order valence-corrected chi connectivity index (χ4v) is 4.27. The number of Topliss-reactive ketones (excluding diaryl/α,β-unsaturated/α-hetero) is 1. The van der Waals surface area contributed by atoms with Gasteiger partial charge < -0.3 is 4.98 Å². The maximum absolute atomic E-state index is 12.7. The molecule has 1 N–H and O–H groups in total. The molecule has 3 heteroatoms. The summed E-state index contributed by atoms with van der Waals surface area (Å²) in [5, 5.41) is 1.06. The number of rotatable bonds is 3. The molecular weight excluding hydrogens is 260 g/mol. The number of para-hydroxylation sites is 1. The van der Waals surface area contributed by atoms with Crippen molar-refractivity contribution in [2.45, 2.75) is 38.1 Å². The number of nitrogens with zero attached hydrogens (tertiary/aromatic N) is 1. The van der Waals surface area contributed by atoms with Crippen molar-refractivity contribution in [3.05, 3.63) is 36.0 Å². The van der Waals surface area contributed by atoms with Crippen LogP contribution in [0.2, 0.25) is 0 Å². The Hall–Kier alpha value is -1.61. The summed E-state index contributed by atoms with van der Waals surface area (Å²) >= 11 is 0. The summed E-state index contributed by atoms with van der Waals surface area (Å²) in [6.45, 7) is 1.69. The molecule has 0 amide bonds. The van der Waals surface area contributed by atoms with Gasteiger partial charge in [0.05, 0.1) is 6.54 Å². The Balaban J connectivity index is 1.53. The number of hydrogen-bond donors (Lipinski definition) is 1. The molecule has 0 radical (unpaired) electrons. The molecule has 4 rings (SSSR count). The summed E-state index contributed by atoms with van der Waals surface area (Å²) in [5.41, 5.74) is 1.91. The van der Waals surface area contributed by atoms with E-state index in [1.807, 2.05) is 30.5 Å². The van der Waals surface area contributed by atoms with Gasteiger partial charge in [-0.25, -0.2) is 0 Å². The van der Waals surface area contributed by atoms with Crippen molar-refractivity contribution in [2.75, 3.05) is 13.1 Å². The second-order valence-corrected chi connectivity index (χ2v) is 6.54. The summed E-state index contributed by atoms with van der Waals surface area (Å²) in [6, 6.07) is 8.72. The van der Waals surface area contributed by atoms with Crippen LogP contribution in [0.15, 0.2) is 30.5 Å². The second-order valence-electron chi connectivity index (χ2n) is 6.54. The minimum atomic E-state index is 0.263. The normalized spacial score (nSPS) is 26.1. The van der Waals surface area contributed by atoms with Crippen LogP contribution >= 0.6 is 0 Å². The Bertz CT molecular complexity index is 660.